The Kier molecular flexibility index (Phi) is 2.34. The van der Waals surface area contributed by atoms with Gasteiger partial charge in [0.25, 0.3) is 5.91 Å². The number of carbonyl (C=O) groups is 1. The Bertz CT molecular complexity index is 634. The number of methoxy groups -OCH3 is 1. The highest BCUT2D eigenvalue weighted by molar-refractivity contribution is 5.96. The first-order valence-electron chi connectivity index (χ1n) is 6.55. The van der Waals surface area contributed by atoms with Crippen LogP contribution < -0.4 is 15.5 Å². The SMILES string of the molecule is COc1c2n3c(cc1=O)C(C)CC3(C)C(C)NC2=O. The molecular weight excluding hydrogens is 244 g/mol. The van der Waals surface area contributed by atoms with Crippen molar-refractivity contribution >= 4 is 5.91 Å². The lowest BCUT2D eigenvalue weighted by Gasteiger charge is -2.40. The van der Waals surface area contributed by atoms with Crippen LogP contribution in [0.2, 0.25) is 0 Å². The zero-order valence-electron chi connectivity index (χ0n) is 11.6. The Balaban J connectivity index is 2.43. The van der Waals surface area contributed by atoms with Gasteiger partial charge in [-0.05, 0) is 26.2 Å². The van der Waals surface area contributed by atoms with Crippen LogP contribution in [0.5, 0.6) is 5.75 Å². The highest BCUT2D eigenvalue weighted by Gasteiger charge is 2.49. The fourth-order valence-electron chi connectivity index (χ4n) is 3.53. The number of nitrogens with one attached hydrogen (secondary N) is 1. The van der Waals surface area contributed by atoms with E-state index in [1.807, 2.05) is 11.5 Å². The molecular formula is C14H18N2O3. The predicted molar refractivity (Wildman–Crippen MR) is 70.9 cm³/mol. The van der Waals surface area contributed by atoms with Gasteiger partial charge >= 0.3 is 0 Å². The zero-order chi connectivity index (χ0) is 13.9. The molecule has 5 heteroatoms. The quantitative estimate of drug-likeness (QED) is 0.827. The summed E-state index contributed by atoms with van der Waals surface area (Å²) >= 11 is 0. The van der Waals surface area contributed by atoms with Crippen molar-refractivity contribution in [3.05, 3.63) is 27.7 Å². The Morgan fingerprint density at radius 1 is 1.42 bits per heavy atom. The van der Waals surface area contributed by atoms with Crippen LogP contribution >= 0.6 is 0 Å². The third kappa shape index (κ3) is 1.35. The summed E-state index contributed by atoms with van der Waals surface area (Å²) in [7, 11) is 1.43. The summed E-state index contributed by atoms with van der Waals surface area (Å²) in [5.74, 6) is 0.181. The fraction of sp³-hybridized carbons (Fsp3) is 0.571. The first-order valence-corrected chi connectivity index (χ1v) is 6.55. The summed E-state index contributed by atoms with van der Waals surface area (Å²) in [5.41, 5.74) is 0.892. The minimum absolute atomic E-state index is 0.0309. The van der Waals surface area contributed by atoms with Crippen molar-refractivity contribution in [2.45, 2.75) is 44.7 Å². The van der Waals surface area contributed by atoms with Gasteiger partial charge in [-0.1, -0.05) is 6.92 Å². The van der Waals surface area contributed by atoms with Crippen LogP contribution in [-0.4, -0.2) is 23.6 Å². The molecule has 0 spiro atoms. The molecule has 102 valence electrons. The standard InChI is InChI=1S/C14H18N2O3/c1-7-6-14(3)8(2)15-13(18)11-12(19-4)10(17)5-9(7)16(11)14/h5,7-8H,6H2,1-4H3,(H,15,18). The predicted octanol–water partition coefficient (Wildman–Crippen LogP) is 1.21. The molecule has 3 atom stereocenters. The van der Waals surface area contributed by atoms with E-state index in [1.54, 1.807) is 6.07 Å². The molecule has 2 aliphatic rings. The molecule has 0 fully saturated rings. The average molecular weight is 262 g/mol. The number of aromatic nitrogens is 1. The lowest BCUT2D eigenvalue weighted by molar-refractivity contribution is 0.0818. The normalized spacial score (nSPS) is 31.9. The number of pyridine rings is 1. The lowest BCUT2D eigenvalue weighted by Crippen LogP contribution is -2.55. The molecule has 0 saturated carbocycles. The lowest BCUT2D eigenvalue weighted by atomic mass is 9.86. The van der Waals surface area contributed by atoms with Gasteiger partial charge < -0.3 is 14.6 Å². The van der Waals surface area contributed by atoms with Crippen LogP contribution in [0.25, 0.3) is 0 Å². The third-order valence-electron chi connectivity index (χ3n) is 4.63. The van der Waals surface area contributed by atoms with Crippen molar-refractivity contribution in [2.24, 2.45) is 0 Å². The molecule has 1 amide bonds. The number of hydrogen-bond acceptors (Lipinski definition) is 3. The van der Waals surface area contributed by atoms with Gasteiger partial charge in [-0.3, -0.25) is 9.59 Å². The zero-order valence-corrected chi connectivity index (χ0v) is 11.6. The molecule has 0 aliphatic carbocycles. The van der Waals surface area contributed by atoms with Crippen LogP contribution in [0.1, 0.15) is 49.3 Å². The number of rotatable bonds is 1. The topological polar surface area (TPSA) is 60.3 Å². The summed E-state index contributed by atoms with van der Waals surface area (Å²) in [4.78, 5) is 24.3. The fourth-order valence-corrected chi connectivity index (χ4v) is 3.53. The molecule has 0 aromatic carbocycles. The molecule has 3 rings (SSSR count). The molecule has 1 N–H and O–H groups in total. The van der Waals surface area contributed by atoms with Crippen molar-refractivity contribution in [3.8, 4) is 5.75 Å². The Labute approximate surface area is 111 Å². The smallest absolute Gasteiger partial charge is 0.272 e. The number of amides is 1. The highest BCUT2D eigenvalue weighted by atomic mass is 16.5. The van der Waals surface area contributed by atoms with Gasteiger partial charge in [0.2, 0.25) is 5.43 Å². The van der Waals surface area contributed by atoms with Gasteiger partial charge in [0.05, 0.1) is 12.6 Å². The van der Waals surface area contributed by atoms with E-state index in [-0.39, 0.29) is 34.6 Å². The molecule has 0 bridgehead atoms. The highest BCUT2D eigenvalue weighted by Crippen LogP contribution is 2.45. The van der Waals surface area contributed by atoms with Crippen LogP contribution in [0.4, 0.5) is 0 Å². The maximum atomic E-state index is 12.3. The molecule has 2 aliphatic heterocycles. The van der Waals surface area contributed by atoms with Gasteiger partial charge in [-0.15, -0.1) is 0 Å². The summed E-state index contributed by atoms with van der Waals surface area (Å²) in [5, 5.41) is 2.95. The van der Waals surface area contributed by atoms with Crippen molar-refractivity contribution in [1.29, 1.82) is 0 Å². The van der Waals surface area contributed by atoms with E-state index in [1.165, 1.54) is 7.11 Å². The number of ether oxygens (including phenoxy) is 1. The van der Waals surface area contributed by atoms with Crippen LogP contribution in [0.3, 0.4) is 0 Å². The van der Waals surface area contributed by atoms with Gasteiger partial charge in [0, 0.05) is 17.8 Å². The molecule has 0 radical (unpaired) electrons. The monoisotopic (exact) mass is 262 g/mol. The molecule has 1 aromatic heterocycles. The second kappa shape index (κ2) is 3.62. The first kappa shape index (κ1) is 12.3. The Hall–Kier alpha value is -1.78. The van der Waals surface area contributed by atoms with Gasteiger partial charge in [-0.25, -0.2) is 0 Å². The minimum Gasteiger partial charge on any atom is -0.491 e. The first-order chi connectivity index (χ1) is 8.90. The average Bonchev–Trinajstić information content (AvgIpc) is 2.59. The maximum Gasteiger partial charge on any atom is 0.272 e. The van der Waals surface area contributed by atoms with Crippen LogP contribution in [0.15, 0.2) is 10.9 Å². The molecule has 3 unspecified atom stereocenters. The van der Waals surface area contributed by atoms with Crippen molar-refractivity contribution in [1.82, 2.24) is 9.88 Å². The Morgan fingerprint density at radius 3 is 2.74 bits per heavy atom. The van der Waals surface area contributed by atoms with E-state index in [0.29, 0.717) is 5.69 Å². The third-order valence-corrected chi connectivity index (χ3v) is 4.63. The Morgan fingerprint density at radius 2 is 2.11 bits per heavy atom. The summed E-state index contributed by atoms with van der Waals surface area (Å²) < 4.78 is 7.18. The second-order valence-corrected chi connectivity index (χ2v) is 5.81. The minimum atomic E-state index is -0.227. The van der Waals surface area contributed by atoms with E-state index in [9.17, 15) is 9.59 Å². The van der Waals surface area contributed by atoms with E-state index in [4.69, 9.17) is 4.74 Å². The summed E-state index contributed by atoms with van der Waals surface area (Å²) in [6, 6.07) is 1.65. The molecule has 1 aromatic rings. The van der Waals surface area contributed by atoms with Crippen molar-refractivity contribution in [2.75, 3.05) is 7.11 Å². The molecule has 3 heterocycles. The van der Waals surface area contributed by atoms with E-state index < -0.39 is 0 Å². The molecule has 5 nitrogen and oxygen atoms in total. The van der Waals surface area contributed by atoms with Gasteiger partial charge in [0.15, 0.2) is 11.4 Å². The second-order valence-electron chi connectivity index (χ2n) is 5.81. The van der Waals surface area contributed by atoms with E-state index in [0.717, 1.165) is 12.1 Å². The van der Waals surface area contributed by atoms with Crippen LogP contribution in [-0.2, 0) is 5.54 Å². The van der Waals surface area contributed by atoms with E-state index in [2.05, 4.69) is 19.2 Å². The van der Waals surface area contributed by atoms with Crippen molar-refractivity contribution in [3.63, 3.8) is 0 Å². The number of carbonyl (C=O) groups excluding carboxylic acids is 1. The molecule has 0 saturated heterocycles. The molecule has 19 heavy (non-hydrogen) atoms. The van der Waals surface area contributed by atoms with Gasteiger partial charge in [-0.2, -0.15) is 0 Å². The van der Waals surface area contributed by atoms with Crippen molar-refractivity contribution < 1.29 is 9.53 Å². The number of nitrogens with zero attached hydrogens (tertiary/aromatic N) is 1. The summed E-state index contributed by atoms with van der Waals surface area (Å²) in [6.45, 7) is 6.22. The summed E-state index contributed by atoms with van der Waals surface area (Å²) in [6.07, 6.45) is 0.911. The number of hydrogen-bond donors (Lipinski definition) is 1. The maximum absolute atomic E-state index is 12.3. The van der Waals surface area contributed by atoms with E-state index >= 15 is 0 Å². The van der Waals surface area contributed by atoms with Crippen LogP contribution in [0, 0.1) is 0 Å². The largest absolute Gasteiger partial charge is 0.491 e. The van der Waals surface area contributed by atoms with Gasteiger partial charge in [0.1, 0.15) is 0 Å².